The molecule has 0 aliphatic carbocycles. The summed E-state index contributed by atoms with van der Waals surface area (Å²) in [5.74, 6) is 0.433. The monoisotopic (exact) mass is 388 g/mol. The molecule has 0 aliphatic heterocycles. The van der Waals surface area contributed by atoms with Gasteiger partial charge in [0.25, 0.3) is 0 Å². The fraction of sp³-hybridized carbons (Fsp3) is 0.300. The molecule has 0 radical (unpaired) electrons. The minimum Gasteiger partial charge on any atom is -0.486 e. The van der Waals surface area contributed by atoms with Gasteiger partial charge in [-0.05, 0) is 36.8 Å². The number of hydrogen-bond donors (Lipinski definition) is 3. The van der Waals surface area contributed by atoms with Crippen molar-refractivity contribution in [3.8, 4) is 5.75 Å². The maximum atomic E-state index is 13.6. The lowest BCUT2D eigenvalue weighted by Crippen LogP contribution is -2.41. The number of ether oxygens (including phenoxy) is 2. The summed E-state index contributed by atoms with van der Waals surface area (Å²) in [6, 6.07) is 13.6. The van der Waals surface area contributed by atoms with E-state index in [-0.39, 0.29) is 17.7 Å². The van der Waals surface area contributed by atoms with E-state index in [1.807, 2.05) is 19.1 Å². The van der Waals surface area contributed by atoms with Crippen LogP contribution >= 0.6 is 0 Å². The summed E-state index contributed by atoms with van der Waals surface area (Å²) in [4.78, 5) is 15.3. The first-order valence-corrected chi connectivity index (χ1v) is 8.81. The van der Waals surface area contributed by atoms with Gasteiger partial charge in [-0.3, -0.25) is 10.3 Å². The Hall–Kier alpha value is -3.29. The number of benzene rings is 2. The number of carbonyl (C=O) groups is 1. The molecule has 0 fully saturated rings. The van der Waals surface area contributed by atoms with E-state index in [4.69, 9.17) is 4.74 Å². The average Bonchev–Trinajstić information content (AvgIpc) is 2.71. The summed E-state index contributed by atoms with van der Waals surface area (Å²) in [5.41, 5.74) is 1.66. The molecule has 3 N–H and O–H groups in total. The number of carbonyl (C=O) groups excluding carboxylic acids is 1. The standard InChI is InChI=1S/C20H25FN4O3/c1-14(28-18-7-5-4-6-17(18)21)12-23-19(22-2)24-13-15-8-10-16(11-9-15)25-20(26)27-3/h4-11,14H,12-13H2,1-3H3,(H,25,26)(H2,22,23,24). The van der Waals surface area contributed by atoms with Gasteiger partial charge in [-0.2, -0.15) is 0 Å². The van der Waals surface area contributed by atoms with Crippen molar-refractivity contribution < 1.29 is 18.7 Å². The molecule has 0 aromatic heterocycles. The van der Waals surface area contributed by atoms with Crippen LogP contribution in [0.15, 0.2) is 53.5 Å². The highest BCUT2D eigenvalue weighted by atomic mass is 19.1. The molecule has 0 spiro atoms. The van der Waals surface area contributed by atoms with E-state index in [0.29, 0.717) is 24.7 Å². The number of hydrogen-bond acceptors (Lipinski definition) is 4. The van der Waals surface area contributed by atoms with Crippen molar-refractivity contribution in [3.63, 3.8) is 0 Å². The maximum Gasteiger partial charge on any atom is 0.411 e. The summed E-state index contributed by atoms with van der Waals surface area (Å²) < 4.78 is 23.8. The molecule has 0 saturated heterocycles. The average molecular weight is 388 g/mol. The Morgan fingerprint density at radius 3 is 2.50 bits per heavy atom. The first kappa shape index (κ1) is 21.0. The van der Waals surface area contributed by atoms with Crippen LogP contribution in [0.5, 0.6) is 5.75 Å². The first-order chi connectivity index (χ1) is 13.5. The van der Waals surface area contributed by atoms with Crippen molar-refractivity contribution in [1.82, 2.24) is 10.6 Å². The van der Waals surface area contributed by atoms with Crippen LogP contribution in [0.3, 0.4) is 0 Å². The fourth-order valence-corrected chi connectivity index (χ4v) is 2.32. The molecule has 1 unspecified atom stereocenters. The van der Waals surface area contributed by atoms with Gasteiger partial charge < -0.3 is 20.1 Å². The SMILES string of the molecule is CN=C(NCc1ccc(NC(=O)OC)cc1)NCC(C)Oc1ccccc1F. The Kier molecular flexibility index (Phi) is 8.08. The zero-order valence-electron chi connectivity index (χ0n) is 16.2. The third-order valence-corrected chi connectivity index (χ3v) is 3.79. The van der Waals surface area contributed by atoms with Crippen LogP contribution in [0.25, 0.3) is 0 Å². The van der Waals surface area contributed by atoms with Gasteiger partial charge in [0, 0.05) is 19.3 Å². The van der Waals surface area contributed by atoms with E-state index < -0.39 is 6.09 Å². The van der Waals surface area contributed by atoms with E-state index in [9.17, 15) is 9.18 Å². The number of nitrogens with zero attached hydrogens (tertiary/aromatic N) is 1. The van der Waals surface area contributed by atoms with E-state index in [1.165, 1.54) is 13.2 Å². The van der Waals surface area contributed by atoms with Crippen LogP contribution in [0.4, 0.5) is 14.9 Å². The van der Waals surface area contributed by atoms with Crippen LogP contribution in [0.1, 0.15) is 12.5 Å². The minimum atomic E-state index is -0.512. The summed E-state index contributed by atoms with van der Waals surface area (Å²) >= 11 is 0. The Morgan fingerprint density at radius 1 is 1.14 bits per heavy atom. The molecule has 0 aliphatic rings. The predicted molar refractivity (Wildman–Crippen MR) is 107 cm³/mol. The van der Waals surface area contributed by atoms with Crippen molar-refractivity contribution >= 4 is 17.7 Å². The molecule has 28 heavy (non-hydrogen) atoms. The summed E-state index contributed by atoms with van der Waals surface area (Å²) in [7, 11) is 2.98. The number of rotatable bonds is 7. The Labute approximate surface area is 164 Å². The van der Waals surface area contributed by atoms with Crippen LogP contribution in [0.2, 0.25) is 0 Å². The lowest BCUT2D eigenvalue weighted by molar-refractivity contribution is 0.187. The Balaban J connectivity index is 1.78. The zero-order chi connectivity index (χ0) is 20.4. The van der Waals surface area contributed by atoms with Crippen molar-refractivity contribution in [2.45, 2.75) is 19.6 Å². The van der Waals surface area contributed by atoms with Crippen molar-refractivity contribution in [2.24, 2.45) is 4.99 Å². The molecule has 0 heterocycles. The van der Waals surface area contributed by atoms with Gasteiger partial charge in [0.05, 0.1) is 13.7 Å². The normalized spacial score (nSPS) is 12.1. The number of guanidine groups is 1. The number of halogens is 1. The molecule has 2 rings (SSSR count). The molecule has 2 aromatic carbocycles. The quantitative estimate of drug-likeness (QED) is 0.501. The lowest BCUT2D eigenvalue weighted by atomic mass is 10.2. The second-order valence-corrected chi connectivity index (χ2v) is 5.98. The molecule has 1 atom stereocenters. The number of para-hydroxylation sites is 1. The minimum absolute atomic E-state index is 0.223. The van der Waals surface area contributed by atoms with Crippen LogP contribution in [0, 0.1) is 5.82 Å². The number of aliphatic imine (C=N–C) groups is 1. The number of amides is 1. The molecule has 0 bridgehead atoms. The van der Waals surface area contributed by atoms with Gasteiger partial charge in [-0.25, -0.2) is 9.18 Å². The maximum absolute atomic E-state index is 13.6. The second kappa shape index (κ2) is 10.8. The van der Waals surface area contributed by atoms with Crippen LogP contribution in [-0.4, -0.2) is 38.9 Å². The second-order valence-electron chi connectivity index (χ2n) is 5.98. The molecule has 1 amide bonds. The van der Waals surface area contributed by atoms with Gasteiger partial charge in [-0.15, -0.1) is 0 Å². The largest absolute Gasteiger partial charge is 0.486 e. The summed E-state index contributed by atoms with van der Waals surface area (Å²) in [5, 5.41) is 8.92. The van der Waals surface area contributed by atoms with Gasteiger partial charge in [0.1, 0.15) is 6.10 Å². The molecule has 8 heteroatoms. The smallest absolute Gasteiger partial charge is 0.411 e. The van der Waals surface area contributed by atoms with E-state index >= 15 is 0 Å². The molecular formula is C20H25FN4O3. The van der Waals surface area contributed by atoms with Crippen LogP contribution < -0.4 is 20.7 Å². The van der Waals surface area contributed by atoms with Gasteiger partial charge in [-0.1, -0.05) is 24.3 Å². The lowest BCUT2D eigenvalue weighted by Gasteiger charge is -2.18. The highest BCUT2D eigenvalue weighted by Gasteiger charge is 2.09. The number of methoxy groups -OCH3 is 1. The first-order valence-electron chi connectivity index (χ1n) is 8.81. The Morgan fingerprint density at radius 2 is 1.86 bits per heavy atom. The van der Waals surface area contributed by atoms with E-state index in [2.05, 4.69) is 25.7 Å². The van der Waals surface area contributed by atoms with Crippen molar-refractivity contribution in [1.29, 1.82) is 0 Å². The zero-order valence-corrected chi connectivity index (χ0v) is 16.2. The number of anilines is 1. The summed E-state index contributed by atoms with van der Waals surface area (Å²) in [6.45, 7) is 2.84. The molecular weight excluding hydrogens is 363 g/mol. The van der Waals surface area contributed by atoms with Crippen molar-refractivity contribution in [3.05, 3.63) is 59.9 Å². The molecule has 2 aromatic rings. The molecule has 7 nitrogen and oxygen atoms in total. The fourth-order valence-electron chi connectivity index (χ4n) is 2.32. The predicted octanol–water partition coefficient (Wildman–Crippen LogP) is 3.14. The van der Waals surface area contributed by atoms with E-state index in [0.717, 1.165) is 5.56 Å². The van der Waals surface area contributed by atoms with Crippen LogP contribution in [-0.2, 0) is 11.3 Å². The Bertz CT molecular complexity index is 796. The summed E-state index contributed by atoms with van der Waals surface area (Å²) in [6.07, 6.45) is -0.763. The molecule has 150 valence electrons. The van der Waals surface area contributed by atoms with Crippen molar-refractivity contribution in [2.75, 3.05) is 26.0 Å². The highest BCUT2D eigenvalue weighted by Crippen LogP contribution is 2.16. The van der Waals surface area contributed by atoms with E-state index in [1.54, 1.807) is 37.4 Å². The highest BCUT2D eigenvalue weighted by molar-refractivity contribution is 5.84. The van der Waals surface area contributed by atoms with Gasteiger partial charge in [0.15, 0.2) is 17.5 Å². The topological polar surface area (TPSA) is 84.0 Å². The molecule has 0 saturated carbocycles. The number of nitrogens with one attached hydrogen (secondary N) is 3. The third kappa shape index (κ3) is 6.79. The third-order valence-electron chi connectivity index (χ3n) is 3.79. The van der Waals surface area contributed by atoms with Gasteiger partial charge in [0.2, 0.25) is 0 Å². The van der Waals surface area contributed by atoms with Gasteiger partial charge >= 0.3 is 6.09 Å².